The van der Waals surface area contributed by atoms with Crippen molar-refractivity contribution in [1.29, 1.82) is 0 Å². The number of hydrogen-bond acceptors (Lipinski definition) is 5. The minimum Gasteiger partial charge on any atom is -0.488 e. The topological polar surface area (TPSA) is 65.1 Å². The standard InChI is InChI=1S/C32H37NO5/c1-4-6-19-37-30(25-15-11-8-12-16-25)31(34)33-21-26-18-17-23(3)29(38-22-24-13-9-7-10-14-24)27(26)20-28(33)32(35)36-5-2/h7-18,28,30H,4-6,19-22H2,1-3H3/t28-,30?/m0/s1. The van der Waals surface area contributed by atoms with Crippen LogP contribution in [0.25, 0.3) is 0 Å². The van der Waals surface area contributed by atoms with E-state index in [4.69, 9.17) is 14.2 Å². The highest BCUT2D eigenvalue weighted by atomic mass is 16.5. The van der Waals surface area contributed by atoms with Crippen molar-refractivity contribution in [3.8, 4) is 5.75 Å². The van der Waals surface area contributed by atoms with Crippen LogP contribution in [0.5, 0.6) is 5.75 Å². The second kappa shape index (κ2) is 13.2. The Balaban J connectivity index is 1.66. The molecule has 3 aromatic carbocycles. The molecule has 0 saturated heterocycles. The molecule has 0 spiro atoms. The Bertz CT molecular complexity index is 1210. The quantitative estimate of drug-likeness (QED) is 0.233. The van der Waals surface area contributed by atoms with Crippen LogP contribution in [-0.2, 0) is 38.6 Å². The Morgan fingerprint density at radius 2 is 1.68 bits per heavy atom. The normalized spacial score (nSPS) is 15.4. The number of carbonyl (C=O) groups is 2. The minimum absolute atomic E-state index is 0.233. The molecule has 0 bridgehead atoms. The lowest BCUT2D eigenvalue weighted by atomic mass is 9.90. The highest BCUT2D eigenvalue weighted by molar-refractivity contribution is 5.88. The SMILES string of the molecule is CCCCOC(C(=O)N1Cc2ccc(C)c(OCc3ccccc3)c2C[C@H]1C(=O)OCC)c1ccccc1. The van der Waals surface area contributed by atoms with Crippen molar-refractivity contribution in [2.75, 3.05) is 13.2 Å². The van der Waals surface area contributed by atoms with Crippen LogP contribution in [0.3, 0.4) is 0 Å². The molecule has 0 aliphatic carbocycles. The first kappa shape index (κ1) is 27.4. The molecule has 38 heavy (non-hydrogen) atoms. The Hall–Kier alpha value is -3.64. The zero-order chi connectivity index (χ0) is 26.9. The molecule has 1 aliphatic rings. The van der Waals surface area contributed by atoms with E-state index in [1.165, 1.54) is 0 Å². The fourth-order valence-electron chi connectivity index (χ4n) is 4.80. The maximum atomic E-state index is 14.0. The Kier molecular flexibility index (Phi) is 9.55. The Morgan fingerprint density at radius 1 is 0.974 bits per heavy atom. The second-order valence-corrected chi connectivity index (χ2v) is 9.58. The molecule has 0 radical (unpaired) electrons. The molecule has 0 aromatic heterocycles. The summed E-state index contributed by atoms with van der Waals surface area (Å²) in [6.45, 7) is 7.27. The lowest BCUT2D eigenvalue weighted by molar-refractivity contribution is -0.161. The van der Waals surface area contributed by atoms with Gasteiger partial charge in [-0.25, -0.2) is 4.79 Å². The lowest BCUT2D eigenvalue weighted by Crippen LogP contribution is -2.51. The van der Waals surface area contributed by atoms with E-state index in [0.717, 1.165) is 46.4 Å². The first-order valence-electron chi connectivity index (χ1n) is 13.4. The molecule has 1 heterocycles. The number of esters is 1. The van der Waals surface area contributed by atoms with Crippen LogP contribution < -0.4 is 4.74 Å². The molecular weight excluding hydrogens is 478 g/mol. The number of rotatable bonds is 11. The molecule has 4 rings (SSSR count). The van der Waals surface area contributed by atoms with Gasteiger partial charge in [0.05, 0.1) is 6.61 Å². The van der Waals surface area contributed by atoms with E-state index in [1.54, 1.807) is 11.8 Å². The van der Waals surface area contributed by atoms with Crippen LogP contribution in [0.1, 0.15) is 60.6 Å². The minimum atomic E-state index is -0.791. The lowest BCUT2D eigenvalue weighted by Gasteiger charge is -2.38. The van der Waals surface area contributed by atoms with E-state index in [2.05, 4.69) is 6.92 Å². The molecule has 2 atom stereocenters. The van der Waals surface area contributed by atoms with Crippen molar-refractivity contribution in [2.24, 2.45) is 0 Å². The van der Waals surface area contributed by atoms with Gasteiger partial charge in [-0.05, 0) is 42.5 Å². The van der Waals surface area contributed by atoms with E-state index >= 15 is 0 Å². The number of unbranched alkanes of at least 4 members (excludes halogenated alkanes) is 1. The molecule has 0 fully saturated rings. The van der Waals surface area contributed by atoms with Crippen molar-refractivity contribution in [3.05, 3.63) is 101 Å². The number of nitrogens with zero attached hydrogens (tertiary/aromatic N) is 1. The number of ether oxygens (including phenoxy) is 3. The van der Waals surface area contributed by atoms with Crippen molar-refractivity contribution in [1.82, 2.24) is 4.90 Å². The van der Waals surface area contributed by atoms with Gasteiger partial charge in [-0.1, -0.05) is 86.1 Å². The molecule has 1 aliphatic heterocycles. The molecule has 0 N–H and O–H groups in total. The van der Waals surface area contributed by atoms with Gasteiger partial charge in [-0.2, -0.15) is 0 Å². The van der Waals surface area contributed by atoms with Crippen molar-refractivity contribution < 1.29 is 23.8 Å². The van der Waals surface area contributed by atoms with Crippen LogP contribution >= 0.6 is 0 Å². The molecule has 1 amide bonds. The number of carbonyl (C=O) groups excluding carboxylic acids is 2. The molecule has 6 heteroatoms. The maximum Gasteiger partial charge on any atom is 0.329 e. The van der Waals surface area contributed by atoms with Crippen molar-refractivity contribution >= 4 is 11.9 Å². The largest absolute Gasteiger partial charge is 0.488 e. The summed E-state index contributed by atoms with van der Waals surface area (Å²) in [6.07, 6.45) is 1.34. The summed E-state index contributed by atoms with van der Waals surface area (Å²) in [5.74, 6) is 0.122. The fraction of sp³-hybridized carbons (Fsp3) is 0.375. The average molecular weight is 516 g/mol. The van der Waals surface area contributed by atoms with Gasteiger partial charge >= 0.3 is 5.97 Å². The summed E-state index contributed by atoms with van der Waals surface area (Å²) >= 11 is 0. The third-order valence-corrected chi connectivity index (χ3v) is 6.85. The maximum absolute atomic E-state index is 14.0. The van der Waals surface area contributed by atoms with Gasteiger partial charge in [0.2, 0.25) is 0 Å². The number of aryl methyl sites for hydroxylation is 1. The van der Waals surface area contributed by atoms with Gasteiger partial charge in [0.15, 0.2) is 6.10 Å². The smallest absolute Gasteiger partial charge is 0.329 e. The Morgan fingerprint density at radius 3 is 2.37 bits per heavy atom. The summed E-state index contributed by atoms with van der Waals surface area (Å²) in [6, 6.07) is 22.7. The third-order valence-electron chi connectivity index (χ3n) is 6.85. The predicted octanol–water partition coefficient (Wildman–Crippen LogP) is 5.95. The summed E-state index contributed by atoms with van der Waals surface area (Å²) in [7, 11) is 0. The van der Waals surface area contributed by atoms with E-state index in [-0.39, 0.29) is 19.1 Å². The number of amides is 1. The van der Waals surface area contributed by atoms with E-state index in [0.29, 0.717) is 19.6 Å². The molecule has 6 nitrogen and oxygen atoms in total. The Labute approximate surface area is 225 Å². The van der Waals surface area contributed by atoms with E-state index in [9.17, 15) is 9.59 Å². The first-order valence-corrected chi connectivity index (χ1v) is 13.4. The average Bonchev–Trinajstić information content (AvgIpc) is 2.95. The molecule has 3 aromatic rings. The van der Waals surface area contributed by atoms with Gasteiger partial charge < -0.3 is 19.1 Å². The first-order chi connectivity index (χ1) is 18.5. The van der Waals surface area contributed by atoms with Crippen LogP contribution in [-0.4, -0.2) is 36.0 Å². The molecule has 1 unspecified atom stereocenters. The van der Waals surface area contributed by atoms with Crippen LogP contribution in [0.4, 0.5) is 0 Å². The van der Waals surface area contributed by atoms with Gasteiger partial charge in [-0.15, -0.1) is 0 Å². The highest BCUT2D eigenvalue weighted by Gasteiger charge is 2.40. The molecular formula is C32H37NO5. The zero-order valence-electron chi connectivity index (χ0n) is 22.5. The van der Waals surface area contributed by atoms with Crippen LogP contribution in [0.2, 0.25) is 0 Å². The van der Waals surface area contributed by atoms with Gasteiger partial charge in [0, 0.05) is 25.1 Å². The van der Waals surface area contributed by atoms with Gasteiger partial charge in [0.1, 0.15) is 18.4 Å². The summed E-state index contributed by atoms with van der Waals surface area (Å²) in [5.41, 5.74) is 4.75. The number of fused-ring (bicyclic) bond motifs is 1. The zero-order valence-corrected chi connectivity index (χ0v) is 22.5. The number of benzene rings is 3. The summed E-state index contributed by atoms with van der Waals surface area (Å²) in [4.78, 5) is 28.9. The number of hydrogen-bond donors (Lipinski definition) is 0. The van der Waals surface area contributed by atoms with Crippen molar-refractivity contribution in [2.45, 2.75) is 65.3 Å². The van der Waals surface area contributed by atoms with Crippen LogP contribution in [0.15, 0.2) is 72.8 Å². The van der Waals surface area contributed by atoms with Gasteiger partial charge in [-0.3, -0.25) is 4.79 Å². The third kappa shape index (κ3) is 6.43. The van der Waals surface area contributed by atoms with Crippen LogP contribution in [0, 0.1) is 6.92 Å². The molecule has 0 saturated carbocycles. The molecule has 200 valence electrons. The fourth-order valence-corrected chi connectivity index (χ4v) is 4.80. The van der Waals surface area contributed by atoms with Crippen molar-refractivity contribution in [3.63, 3.8) is 0 Å². The van der Waals surface area contributed by atoms with E-state index < -0.39 is 18.1 Å². The second-order valence-electron chi connectivity index (χ2n) is 9.58. The summed E-state index contributed by atoms with van der Waals surface area (Å²) < 4.78 is 17.9. The summed E-state index contributed by atoms with van der Waals surface area (Å²) in [5, 5.41) is 0. The monoisotopic (exact) mass is 515 g/mol. The predicted molar refractivity (Wildman–Crippen MR) is 147 cm³/mol. The highest BCUT2D eigenvalue weighted by Crippen LogP contribution is 2.36. The van der Waals surface area contributed by atoms with Gasteiger partial charge in [0.25, 0.3) is 5.91 Å². The van der Waals surface area contributed by atoms with E-state index in [1.807, 2.05) is 79.7 Å².